The fourth-order valence-electron chi connectivity index (χ4n) is 2.47. The predicted octanol–water partition coefficient (Wildman–Crippen LogP) is 4.47. The quantitative estimate of drug-likeness (QED) is 0.545. The van der Waals surface area contributed by atoms with Crippen LogP contribution in [0.3, 0.4) is 0 Å². The molecule has 1 heterocycles. The Morgan fingerprint density at radius 1 is 1.04 bits per heavy atom. The molecule has 0 saturated carbocycles. The predicted molar refractivity (Wildman–Crippen MR) is 100 cm³/mol. The van der Waals surface area contributed by atoms with Gasteiger partial charge in [-0.25, -0.2) is 0 Å². The number of hydrogen-bond acceptors (Lipinski definition) is 4. The number of rotatable bonds is 5. The zero-order valence-electron chi connectivity index (χ0n) is 14.2. The van der Waals surface area contributed by atoms with Crippen LogP contribution < -0.4 is 5.32 Å². The summed E-state index contributed by atoms with van der Waals surface area (Å²) in [5.74, 6) is -0.278. The first-order chi connectivity index (χ1) is 12.6. The topological polar surface area (TPSA) is 85.1 Å². The van der Waals surface area contributed by atoms with Gasteiger partial charge in [0.1, 0.15) is 0 Å². The molecule has 1 amide bonds. The maximum Gasteiger partial charge on any atom is 0.269 e. The van der Waals surface area contributed by atoms with Gasteiger partial charge in [0.25, 0.3) is 11.6 Å². The SMILES string of the molecule is CCc1ccc(-c2ccc(C(=O)Nc3ccc([N+](=O)[O-])cc3)cc2)nc1. The number of nitro benzene ring substituents is 1. The van der Waals surface area contributed by atoms with Gasteiger partial charge in [0.15, 0.2) is 0 Å². The number of benzene rings is 2. The highest BCUT2D eigenvalue weighted by Gasteiger charge is 2.09. The van der Waals surface area contributed by atoms with E-state index in [0.29, 0.717) is 11.3 Å². The molecular weight excluding hydrogens is 330 g/mol. The molecular formula is C20H17N3O3. The zero-order valence-corrected chi connectivity index (χ0v) is 14.2. The van der Waals surface area contributed by atoms with E-state index in [-0.39, 0.29) is 11.6 Å². The molecule has 1 aromatic heterocycles. The molecule has 0 unspecified atom stereocenters. The van der Waals surface area contributed by atoms with Crippen LogP contribution in [0.5, 0.6) is 0 Å². The average Bonchev–Trinajstić information content (AvgIpc) is 2.68. The van der Waals surface area contributed by atoms with E-state index >= 15 is 0 Å². The summed E-state index contributed by atoms with van der Waals surface area (Å²) in [5, 5.41) is 13.4. The van der Waals surface area contributed by atoms with Gasteiger partial charge in [0.05, 0.1) is 10.6 Å². The summed E-state index contributed by atoms with van der Waals surface area (Å²) >= 11 is 0. The summed E-state index contributed by atoms with van der Waals surface area (Å²) < 4.78 is 0. The number of carbonyl (C=O) groups is 1. The maximum absolute atomic E-state index is 12.3. The third kappa shape index (κ3) is 3.92. The van der Waals surface area contributed by atoms with Crippen molar-refractivity contribution >= 4 is 17.3 Å². The Hall–Kier alpha value is -3.54. The Bertz CT molecular complexity index is 918. The van der Waals surface area contributed by atoms with Crippen molar-refractivity contribution < 1.29 is 9.72 Å². The van der Waals surface area contributed by atoms with Crippen molar-refractivity contribution in [2.75, 3.05) is 5.32 Å². The van der Waals surface area contributed by atoms with Gasteiger partial charge >= 0.3 is 0 Å². The molecule has 0 radical (unpaired) electrons. The molecule has 6 nitrogen and oxygen atoms in total. The van der Waals surface area contributed by atoms with Crippen LogP contribution in [0, 0.1) is 10.1 Å². The second kappa shape index (κ2) is 7.57. The van der Waals surface area contributed by atoms with Crippen molar-refractivity contribution in [2.45, 2.75) is 13.3 Å². The van der Waals surface area contributed by atoms with Crippen molar-refractivity contribution in [2.24, 2.45) is 0 Å². The summed E-state index contributed by atoms with van der Waals surface area (Å²) in [7, 11) is 0. The van der Waals surface area contributed by atoms with E-state index in [1.807, 2.05) is 30.5 Å². The molecule has 0 bridgehead atoms. The van der Waals surface area contributed by atoms with Crippen LogP contribution in [0.1, 0.15) is 22.8 Å². The lowest BCUT2D eigenvalue weighted by Gasteiger charge is -2.07. The first kappa shape index (κ1) is 17.3. The first-order valence-corrected chi connectivity index (χ1v) is 8.18. The van der Waals surface area contributed by atoms with E-state index in [4.69, 9.17) is 0 Å². The van der Waals surface area contributed by atoms with Crippen molar-refractivity contribution in [1.29, 1.82) is 0 Å². The monoisotopic (exact) mass is 347 g/mol. The Morgan fingerprint density at radius 2 is 1.73 bits per heavy atom. The van der Waals surface area contributed by atoms with E-state index in [0.717, 1.165) is 17.7 Å². The summed E-state index contributed by atoms with van der Waals surface area (Å²) in [6.07, 6.45) is 2.79. The summed E-state index contributed by atoms with van der Waals surface area (Å²) in [6, 6.07) is 16.9. The number of aromatic nitrogens is 1. The fourth-order valence-corrected chi connectivity index (χ4v) is 2.47. The molecule has 130 valence electrons. The standard InChI is InChI=1S/C20H17N3O3/c1-2-14-3-12-19(21-13-14)15-4-6-16(7-5-15)20(24)22-17-8-10-18(11-9-17)23(25)26/h3-13H,2H2,1H3,(H,22,24). The molecule has 1 N–H and O–H groups in total. The molecule has 2 aromatic carbocycles. The number of anilines is 1. The lowest BCUT2D eigenvalue weighted by Crippen LogP contribution is -2.11. The number of non-ortho nitro benzene ring substituents is 1. The molecule has 0 spiro atoms. The van der Waals surface area contributed by atoms with Gasteiger partial charge in [-0.3, -0.25) is 19.9 Å². The minimum absolute atomic E-state index is 0.0195. The molecule has 0 aliphatic rings. The average molecular weight is 347 g/mol. The number of nitro groups is 1. The Labute approximate surface area is 150 Å². The largest absolute Gasteiger partial charge is 0.322 e. The number of amides is 1. The number of nitrogens with zero attached hydrogens (tertiary/aromatic N) is 2. The van der Waals surface area contributed by atoms with Crippen LogP contribution in [0.2, 0.25) is 0 Å². The van der Waals surface area contributed by atoms with Crippen molar-refractivity contribution in [3.05, 3.63) is 88.1 Å². The van der Waals surface area contributed by atoms with Gasteiger partial charge in [-0.2, -0.15) is 0 Å². The molecule has 3 aromatic rings. The highest BCUT2D eigenvalue weighted by molar-refractivity contribution is 6.04. The van der Waals surface area contributed by atoms with Crippen LogP contribution in [0.4, 0.5) is 11.4 Å². The molecule has 0 fully saturated rings. The lowest BCUT2D eigenvalue weighted by atomic mass is 10.1. The molecule has 26 heavy (non-hydrogen) atoms. The second-order valence-corrected chi connectivity index (χ2v) is 5.74. The minimum atomic E-state index is -0.481. The Kier molecular flexibility index (Phi) is 5.03. The Balaban J connectivity index is 1.70. The normalized spacial score (nSPS) is 10.3. The van der Waals surface area contributed by atoms with Crippen molar-refractivity contribution in [1.82, 2.24) is 4.98 Å². The minimum Gasteiger partial charge on any atom is -0.322 e. The molecule has 6 heteroatoms. The van der Waals surface area contributed by atoms with Gasteiger partial charge < -0.3 is 5.32 Å². The van der Waals surface area contributed by atoms with Crippen LogP contribution in [-0.2, 0) is 6.42 Å². The number of pyridine rings is 1. The summed E-state index contributed by atoms with van der Waals surface area (Å²) in [5.41, 5.74) is 3.93. The van der Waals surface area contributed by atoms with E-state index < -0.39 is 4.92 Å². The van der Waals surface area contributed by atoms with E-state index in [2.05, 4.69) is 17.2 Å². The van der Waals surface area contributed by atoms with Crippen LogP contribution in [-0.4, -0.2) is 15.8 Å². The number of aryl methyl sites for hydroxylation is 1. The zero-order chi connectivity index (χ0) is 18.5. The Morgan fingerprint density at radius 3 is 2.27 bits per heavy atom. The van der Waals surface area contributed by atoms with E-state index in [9.17, 15) is 14.9 Å². The molecule has 0 aliphatic carbocycles. The second-order valence-electron chi connectivity index (χ2n) is 5.74. The van der Waals surface area contributed by atoms with Gasteiger partial charge in [-0.1, -0.05) is 25.1 Å². The lowest BCUT2D eigenvalue weighted by molar-refractivity contribution is -0.384. The molecule has 0 saturated heterocycles. The van der Waals surface area contributed by atoms with Gasteiger partial charge in [-0.05, 0) is 42.3 Å². The van der Waals surface area contributed by atoms with E-state index in [1.54, 1.807) is 12.1 Å². The van der Waals surface area contributed by atoms with E-state index in [1.165, 1.54) is 29.8 Å². The fraction of sp³-hybridized carbons (Fsp3) is 0.100. The smallest absolute Gasteiger partial charge is 0.269 e. The third-order valence-electron chi connectivity index (χ3n) is 4.01. The third-order valence-corrected chi connectivity index (χ3v) is 4.01. The summed E-state index contributed by atoms with van der Waals surface area (Å²) in [6.45, 7) is 2.08. The van der Waals surface area contributed by atoms with Crippen molar-refractivity contribution in [3.63, 3.8) is 0 Å². The van der Waals surface area contributed by atoms with Gasteiger partial charge in [0, 0.05) is 35.1 Å². The number of hydrogen-bond donors (Lipinski definition) is 1. The molecule has 0 aliphatic heterocycles. The van der Waals surface area contributed by atoms with Gasteiger partial charge in [-0.15, -0.1) is 0 Å². The molecule has 3 rings (SSSR count). The van der Waals surface area contributed by atoms with Crippen LogP contribution in [0.15, 0.2) is 66.9 Å². The summed E-state index contributed by atoms with van der Waals surface area (Å²) in [4.78, 5) is 26.9. The van der Waals surface area contributed by atoms with Crippen LogP contribution >= 0.6 is 0 Å². The molecule has 0 atom stereocenters. The first-order valence-electron chi connectivity index (χ1n) is 8.18. The maximum atomic E-state index is 12.3. The number of nitrogens with one attached hydrogen (secondary N) is 1. The van der Waals surface area contributed by atoms with Gasteiger partial charge in [0.2, 0.25) is 0 Å². The van der Waals surface area contributed by atoms with Crippen molar-refractivity contribution in [3.8, 4) is 11.3 Å². The number of carbonyl (C=O) groups excluding carboxylic acids is 1. The highest BCUT2D eigenvalue weighted by Crippen LogP contribution is 2.20. The van der Waals surface area contributed by atoms with Crippen LogP contribution in [0.25, 0.3) is 11.3 Å². The highest BCUT2D eigenvalue weighted by atomic mass is 16.6.